The summed E-state index contributed by atoms with van der Waals surface area (Å²) in [5, 5.41) is 0.720. The van der Waals surface area contributed by atoms with E-state index in [2.05, 4.69) is 4.98 Å². The van der Waals surface area contributed by atoms with Gasteiger partial charge in [0.05, 0.1) is 15.4 Å². The number of pyridine rings is 1. The highest BCUT2D eigenvalue weighted by molar-refractivity contribution is 7.91. The van der Waals surface area contributed by atoms with Crippen molar-refractivity contribution in [2.45, 2.75) is 16.7 Å². The van der Waals surface area contributed by atoms with E-state index in [0.29, 0.717) is 10.4 Å². The molecular formula is C16H10Cl2FNO2S. The molecular weight excluding hydrogens is 360 g/mol. The van der Waals surface area contributed by atoms with E-state index in [9.17, 15) is 12.8 Å². The summed E-state index contributed by atoms with van der Waals surface area (Å²) in [5.74, 6) is -0.470. The maximum Gasteiger partial charge on any atom is 0.209 e. The Morgan fingerprint density at radius 2 is 1.83 bits per heavy atom. The fourth-order valence-corrected chi connectivity index (χ4v) is 4.24. The van der Waals surface area contributed by atoms with Gasteiger partial charge in [0.25, 0.3) is 0 Å². The number of sulfone groups is 1. The number of nitrogens with zero attached hydrogens (tertiary/aromatic N) is 1. The van der Waals surface area contributed by atoms with E-state index in [1.54, 1.807) is 13.0 Å². The van der Waals surface area contributed by atoms with Crippen LogP contribution in [0.4, 0.5) is 4.39 Å². The second-order valence-corrected chi connectivity index (χ2v) is 7.72. The molecule has 0 spiro atoms. The molecule has 0 fully saturated rings. The Bertz CT molecular complexity index is 1040. The lowest BCUT2D eigenvalue weighted by atomic mass is 10.2. The lowest BCUT2D eigenvalue weighted by Crippen LogP contribution is -2.04. The van der Waals surface area contributed by atoms with Gasteiger partial charge in [-0.2, -0.15) is 0 Å². The van der Waals surface area contributed by atoms with Crippen molar-refractivity contribution in [2.24, 2.45) is 0 Å². The standard InChI is InChI=1S/C16H10Cl2FNO2S/c1-9-2-4-11(7-13(9)17)23(21,22)15-8-20-14-6-10(19)3-5-12(14)16(15)18/h2-8H,1H3. The van der Waals surface area contributed by atoms with Crippen LogP contribution >= 0.6 is 23.2 Å². The van der Waals surface area contributed by atoms with Crippen LogP contribution in [0, 0.1) is 12.7 Å². The maximum atomic E-state index is 13.2. The lowest BCUT2D eigenvalue weighted by Gasteiger charge is -2.09. The zero-order chi connectivity index (χ0) is 16.8. The molecule has 7 heteroatoms. The van der Waals surface area contributed by atoms with Gasteiger partial charge in [0.2, 0.25) is 9.84 Å². The minimum Gasteiger partial charge on any atom is -0.255 e. The summed E-state index contributed by atoms with van der Waals surface area (Å²) < 4.78 is 38.8. The summed E-state index contributed by atoms with van der Waals surface area (Å²) >= 11 is 12.2. The van der Waals surface area contributed by atoms with Crippen molar-refractivity contribution in [3.05, 3.63) is 64.0 Å². The van der Waals surface area contributed by atoms with Crippen LogP contribution in [0.1, 0.15) is 5.56 Å². The van der Waals surface area contributed by atoms with Crippen LogP contribution in [0.15, 0.2) is 52.4 Å². The van der Waals surface area contributed by atoms with E-state index in [0.717, 1.165) is 11.8 Å². The topological polar surface area (TPSA) is 47.0 Å². The van der Waals surface area contributed by atoms with Gasteiger partial charge in [0, 0.05) is 22.7 Å². The van der Waals surface area contributed by atoms with Crippen LogP contribution in [0.5, 0.6) is 0 Å². The SMILES string of the molecule is Cc1ccc(S(=O)(=O)c2cnc3cc(F)ccc3c2Cl)cc1Cl. The van der Waals surface area contributed by atoms with Crippen LogP contribution in [-0.4, -0.2) is 13.4 Å². The number of aryl methyl sites for hydroxylation is 1. The van der Waals surface area contributed by atoms with Crippen LogP contribution in [0.2, 0.25) is 10.0 Å². The van der Waals surface area contributed by atoms with Gasteiger partial charge < -0.3 is 0 Å². The summed E-state index contributed by atoms with van der Waals surface area (Å²) in [4.78, 5) is 3.88. The fourth-order valence-electron chi connectivity index (χ4n) is 2.17. The number of hydrogen-bond donors (Lipinski definition) is 0. The Labute approximate surface area is 142 Å². The van der Waals surface area contributed by atoms with E-state index in [1.165, 1.54) is 30.3 Å². The summed E-state index contributed by atoms with van der Waals surface area (Å²) in [7, 11) is -3.88. The van der Waals surface area contributed by atoms with Crippen molar-refractivity contribution in [3.63, 3.8) is 0 Å². The van der Waals surface area contributed by atoms with E-state index < -0.39 is 15.7 Å². The highest BCUT2D eigenvalue weighted by atomic mass is 35.5. The molecule has 23 heavy (non-hydrogen) atoms. The first-order valence-corrected chi connectivity index (χ1v) is 8.79. The molecule has 1 aromatic heterocycles. The molecule has 3 nitrogen and oxygen atoms in total. The number of halogens is 3. The quantitative estimate of drug-likeness (QED) is 0.650. The molecule has 0 radical (unpaired) electrons. The van der Waals surface area contributed by atoms with Gasteiger partial charge in [-0.05, 0) is 36.8 Å². The molecule has 0 aliphatic carbocycles. The van der Waals surface area contributed by atoms with Gasteiger partial charge in [-0.3, -0.25) is 4.98 Å². The van der Waals surface area contributed by atoms with Gasteiger partial charge in [-0.25, -0.2) is 12.8 Å². The summed E-state index contributed by atoms with van der Waals surface area (Å²) in [5.41, 5.74) is 1.06. The molecule has 118 valence electrons. The Morgan fingerprint density at radius 3 is 2.52 bits per heavy atom. The van der Waals surface area contributed by atoms with Crippen molar-refractivity contribution in [1.29, 1.82) is 0 Å². The number of aromatic nitrogens is 1. The summed E-state index contributed by atoms with van der Waals surface area (Å²) in [6.45, 7) is 1.78. The first-order valence-electron chi connectivity index (χ1n) is 6.56. The Balaban J connectivity index is 2.24. The molecule has 0 saturated heterocycles. The average molecular weight is 370 g/mol. The van der Waals surface area contributed by atoms with Crippen molar-refractivity contribution < 1.29 is 12.8 Å². The third-order valence-corrected chi connectivity index (χ3v) is 6.17. The van der Waals surface area contributed by atoms with Crippen LogP contribution < -0.4 is 0 Å². The van der Waals surface area contributed by atoms with E-state index >= 15 is 0 Å². The van der Waals surface area contributed by atoms with Gasteiger partial charge in [-0.15, -0.1) is 0 Å². The smallest absolute Gasteiger partial charge is 0.209 e. The zero-order valence-electron chi connectivity index (χ0n) is 11.8. The van der Waals surface area contributed by atoms with Crippen molar-refractivity contribution >= 4 is 43.9 Å². The molecule has 0 aliphatic rings. The first-order chi connectivity index (χ1) is 10.8. The molecule has 3 rings (SSSR count). The normalized spacial score (nSPS) is 11.8. The van der Waals surface area contributed by atoms with Crippen molar-refractivity contribution in [1.82, 2.24) is 4.98 Å². The molecule has 1 heterocycles. The minimum absolute atomic E-state index is 0.00620. The van der Waals surface area contributed by atoms with E-state index in [-0.39, 0.29) is 20.3 Å². The lowest BCUT2D eigenvalue weighted by molar-refractivity contribution is 0.596. The summed E-state index contributed by atoms with van der Waals surface area (Å²) in [6.07, 6.45) is 1.13. The largest absolute Gasteiger partial charge is 0.255 e. The van der Waals surface area contributed by atoms with Crippen molar-refractivity contribution in [2.75, 3.05) is 0 Å². The van der Waals surface area contributed by atoms with Crippen molar-refractivity contribution in [3.8, 4) is 0 Å². The highest BCUT2D eigenvalue weighted by Gasteiger charge is 2.23. The molecule has 0 saturated carbocycles. The second kappa shape index (κ2) is 5.74. The molecule has 0 N–H and O–H groups in total. The number of fused-ring (bicyclic) bond motifs is 1. The molecule has 0 bridgehead atoms. The zero-order valence-corrected chi connectivity index (χ0v) is 14.2. The highest BCUT2D eigenvalue weighted by Crippen LogP contribution is 2.33. The van der Waals surface area contributed by atoms with Gasteiger partial charge in [0.15, 0.2) is 0 Å². The number of benzene rings is 2. The first kappa shape index (κ1) is 16.2. The number of hydrogen-bond acceptors (Lipinski definition) is 3. The second-order valence-electron chi connectivity index (χ2n) is 5.01. The predicted molar refractivity (Wildman–Crippen MR) is 88.4 cm³/mol. The molecule has 0 aliphatic heterocycles. The van der Waals surface area contributed by atoms with E-state index in [1.807, 2.05) is 0 Å². The Hall–Kier alpha value is -1.69. The van der Waals surface area contributed by atoms with Gasteiger partial charge in [-0.1, -0.05) is 29.3 Å². The number of rotatable bonds is 2. The van der Waals surface area contributed by atoms with Gasteiger partial charge >= 0.3 is 0 Å². The molecule has 2 aromatic carbocycles. The Morgan fingerprint density at radius 1 is 1.09 bits per heavy atom. The monoisotopic (exact) mass is 369 g/mol. The van der Waals surface area contributed by atoms with Crippen LogP contribution in [0.3, 0.4) is 0 Å². The third kappa shape index (κ3) is 2.80. The molecule has 0 atom stereocenters. The molecule has 3 aromatic rings. The minimum atomic E-state index is -3.88. The van der Waals surface area contributed by atoms with E-state index in [4.69, 9.17) is 23.2 Å². The molecule has 0 amide bonds. The summed E-state index contributed by atoms with van der Waals surface area (Å²) in [6, 6.07) is 8.25. The van der Waals surface area contributed by atoms with Gasteiger partial charge in [0.1, 0.15) is 10.7 Å². The average Bonchev–Trinajstić information content (AvgIpc) is 2.49. The van der Waals surface area contributed by atoms with Crippen LogP contribution in [0.25, 0.3) is 10.9 Å². The molecule has 0 unspecified atom stereocenters. The Kier molecular flexibility index (Phi) is 4.04. The van der Waals surface area contributed by atoms with Crippen LogP contribution in [-0.2, 0) is 9.84 Å². The predicted octanol–water partition coefficient (Wildman–Crippen LogP) is 4.82. The maximum absolute atomic E-state index is 13.2. The fraction of sp³-hybridized carbons (Fsp3) is 0.0625. The third-order valence-electron chi connectivity index (χ3n) is 3.48.